The Hall–Kier alpha value is -2.04. The van der Waals surface area contributed by atoms with Crippen LogP contribution < -0.4 is 16.0 Å². The molecule has 0 spiro atoms. The number of imide groups is 1. The first-order valence-corrected chi connectivity index (χ1v) is 7.75. The molecular weight excluding hydrogens is 278 g/mol. The number of urea groups is 1. The van der Waals surface area contributed by atoms with Crippen LogP contribution in [0.4, 0.5) is 10.5 Å². The molecule has 1 rings (SSSR count). The number of carbonyl (C=O) groups is 2. The number of benzene rings is 1. The molecule has 3 amide bonds. The molecule has 1 aromatic rings. The van der Waals surface area contributed by atoms with Gasteiger partial charge in [0.05, 0.1) is 6.54 Å². The topological polar surface area (TPSA) is 70.2 Å². The molecule has 0 heterocycles. The van der Waals surface area contributed by atoms with E-state index in [1.54, 1.807) is 0 Å². The van der Waals surface area contributed by atoms with Crippen molar-refractivity contribution < 1.29 is 9.59 Å². The van der Waals surface area contributed by atoms with Gasteiger partial charge in [-0.05, 0) is 29.5 Å². The third-order valence-corrected chi connectivity index (χ3v) is 3.27. The van der Waals surface area contributed by atoms with Gasteiger partial charge in [0.15, 0.2) is 0 Å². The van der Waals surface area contributed by atoms with Gasteiger partial charge in [-0.3, -0.25) is 10.1 Å². The van der Waals surface area contributed by atoms with E-state index >= 15 is 0 Å². The highest BCUT2D eigenvalue weighted by atomic mass is 16.2. The Morgan fingerprint density at radius 1 is 1.09 bits per heavy atom. The number of amides is 3. The highest BCUT2D eigenvalue weighted by molar-refractivity contribution is 5.96. The first kappa shape index (κ1) is 18.0. The molecule has 0 saturated carbocycles. The minimum absolute atomic E-state index is 0.0655. The molecule has 5 heteroatoms. The third kappa shape index (κ3) is 6.61. The van der Waals surface area contributed by atoms with Crippen molar-refractivity contribution in [1.82, 2.24) is 10.6 Å². The minimum atomic E-state index is -0.441. The monoisotopic (exact) mass is 305 g/mol. The summed E-state index contributed by atoms with van der Waals surface area (Å²) in [6, 6.07) is 7.52. The molecule has 0 saturated heterocycles. The molecular formula is C17H27N3O2. The minimum Gasteiger partial charge on any atom is -0.376 e. The van der Waals surface area contributed by atoms with E-state index in [0.29, 0.717) is 6.54 Å². The van der Waals surface area contributed by atoms with Gasteiger partial charge < -0.3 is 10.6 Å². The maximum atomic E-state index is 11.7. The average Bonchev–Trinajstić information content (AvgIpc) is 2.45. The molecule has 0 aliphatic carbocycles. The van der Waals surface area contributed by atoms with Crippen molar-refractivity contribution in [2.45, 2.75) is 46.0 Å². The number of hydrogen-bond donors (Lipinski definition) is 3. The van der Waals surface area contributed by atoms with Crippen molar-refractivity contribution in [1.29, 1.82) is 0 Å². The zero-order chi connectivity index (χ0) is 16.6. The van der Waals surface area contributed by atoms with Gasteiger partial charge >= 0.3 is 6.03 Å². The molecule has 122 valence electrons. The van der Waals surface area contributed by atoms with Gasteiger partial charge in [-0.1, -0.05) is 46.2 Å². The van der Waals surface area contributed by atoms with Gasteiger partial charge in [0.2, 0.25) is 5.91 Å². The number of unbranched alkanes of at least 4 members (excludes halogenated alkanes) is 1. The van der Waals surface area contributed by atoms with E-state index in [4.69, 9.17) is 0 Å². The third-order valence-electron chi connectivity index (χ3n) is 3.27. The van der Waals surface area contributed by atoms with Gasteiger partial charge in [-0.15, -0.1) is 0 Å². The number of carbonyl (C=O) groups excluding carboxylic acids is 2. The summed E-state index contributed by atoms with van der Waals surface area (Å²) in [4.78, 5) is 23.1. The first-order chi connectivity index (χ1) is 10.3. The van der Waals surface area contributed by atoms with Crippen LogP contribution in [0.3, 0.4) is 0 Å². The molecule has 0 fully saturated rings. The molecule has 0 unspecified atom stereocenters. The summed E-state index contributed by atoms with van der Waals surface area (Å²) in [7, 11) is 0. The molecule has 0 aliphatic rings. The summed E-state index contributed by atoms with van der Waals surface area (Å²) >= 11 is 0. The largest absolute Gasteiger partial charge is 0.376 e. The lowest BCUT2D eigenvalue weighted by molar-refractivity contribution is -0.118. The lowest BCUT2D eigenvalue weighted by Crippen LogP contribution is -2.42. The smallest absolute Gasteiger partial charge is 0.321 e. The van der Waals surface area contributed by atoms with Crippen molar-refractivity contribution in [3.63, 3.8) is 0 Å². The lowest BCUT2D eigenvalue weighted by atomic mass is 9.87. The molecule has 0 aliphatic heterocycles. The summed E-state index contributed by atoms with van der Waals surface area (Å²) in [5.41, 5.74) is 2.19. The fourth-order valence-electron chi connectivity index (χ4n) is 1.86. The van der Waals surface area contributed by atoms with Gasteiger partial charge in [0, 0.05) is 12.2 Å². The van der Waals surface area contributed by atoms with E-state index in [-0.39, 0.29) is 17.9 Å². The zero-order valence-corrected chi connectivity index (χ0v) is 14.0. The fraction of sp³-hybridized carbons (Fsp3) is 0.529. The number of rotatable bonds is 6. The van der Waals surface area contributed by atoms with E-state index in [2.05, 4.69) is 36.7 Å². The average molecular weight is 305 g/mol. The second kappa shape index (κ2) is 8.41. The van der Waals surface area contributed by atoms with Crippen LogP contribution in [0, 0.1) is 0 Å². The molecule has 0 atom stereocenters. The van der Waals surface area contributed by atoms with E-state index in [9.17, 15) is 9.59 Å². The predicted octanol–water partition coefficient (Wildman–Crippen LogP) is 3.02. The number of anilines is 1. The molecule has 22 heavy (non-hydrogen) atoms. The predicted molar refractivity (Wildman–Crippen MR) is 90.1 cm³/mol. The maximum absolute atomic E-state index is 11.7. The van der Waals surface area contributed by atoms with Crippen LogP contribution in [0.25, 0.3) is 0 Å². The van der Waals surface area contributed by atoms with Gasteiger partial charge in [0.1, 0.15) is 0 Å². The summed E-state index contributed by atoms with van der Waals surface area (Å²) in [6.45, 7) is 9.15. The Kier molecular flexibility index (Phi) is 6.89. The van der Waals surface area contributed by atoms with Crippen LogP contribution in [0.2, 0.25) is 0 Å². The van der Waals surface area contributed by atoms with Crippen molar-refractivity contribution in [3.8, 4) is 0 Å². The van der Waals surface area contributed by atoms with Gasteiger partial charge in [0.25, 0.3) is 0 Å². The van der Waals surface area contributed by atoms with Crippen molar-refractivity contribution in [2.75, 3.05) is 18.4 Å². The fourth-order valence-corrected chi connectivity index (χ4v) is 1.86. The van der Waals surface area contributed by atoms with Crippen LogP contribution in [0.5, 0.6) is 0 Å². The maximum Gasteiger partial charge on any atom is 0.321 e. The summed E-state index contributed by atoms with van der Waals surface area (Å²) in [5.74, 6) is -0.353. The summed E-state index contributed by atoms with van der Waals surface area (Å²) in [5, 5.41) is 7.93. The van der Waals surface area contributed by atoms with Crippen LogP contribution in [0.1, 0.15) is 46.1 Å². The summed E-state index contributed by atoms with van der Waals surface area (Å²) in [6.07, 6.45) is 1.90. The van der Waals surface area contributed by atoms with Crippen molar-refractivity contribution in [2.24, 2.45) is 0 Å². The Bertz CT molecular complexity index is 490. The Morgan fingerprint density at radius 3 is 2.27 bits per heavy atom. The van der Waals surface area contributed by atoms with Crippen molar-refractivity contribution in [3.05, 3.63) is 29.8 Å². The summed E-state index contributed by atoms with van der Waals surface area (Å²) < 4.78 is 0. The molecule has 3 N–H and O–H groups in total. The first-order valence-electron chi connectivity index (χ1n) is 7.75. The quantitative estimate of drug-likeness (QED) is 0.708. The standard InChI is InChI=1S/C17H27N3O2/c1-5-6-11-18-16(22)20-15(21)12-19-14-9-7-13(8-10-14)17(2,3)4/h7-10,19H,5-6,11-12H2,1-4H3,(H2,18,20,21,22). The van der Waals surface area contributed by atoms with E-state index in [0.717, 1.165) is 18.5 Å². The molecule has 5 nitrogen and oxygen atoms in total. The van der Waals surface area contributed by atoms with Crippen molar-refractivity contribution >= 4 is 17.6 Å². The van der Waals surface area contributed by atoms with E-state index < -0.39 is 6.03 Å². The highest BCUT2D eigenvalue weighted by Crippen LogP contribution is 2.23. The zero-order valence-electron chi connectivity index (χ0n) is 14.0. The van der Waals surface area contributed by atoms with E-state index in [1.165, 1.54) is 5.56 Å². The molecule has 0 aromatic heterocycles. The van der Waals surface area contributed by atoms with Crippen LogP contribution in [-0.2, 0) is 10.2 Å². The van der Waals surface area contributed by atoms with Gasteiger partial charge in [-0.25, -0.2) is 4.79 Å². The second-order valence-corrected chi connectivity index (χ2v) is 6.34. The molecule has 1 aromatic carbocycles. The Labute approximate surface area is 132 Å². The van der Waals surface area contributed by atoms with Crippen LogP contribution in [-0.4, -0.2) is 25.0 Å². The Balaban J connectivity index is 2.36. The second-order valence-electron chi connectivity index (χ2n) is 6.34. The van der Waals surface area contributed by atoms with Crippen LogP contribution >= 0.6 is 0 Å². The highest BCUT2D eigenvalue weighted by Gasteiger charge is 2.13. The Morgan fingerprint density at radius 2 is 1.73 bits per heavy atom. The number of nitrogens with one attached hydrogen (secondary N) is 3. The number of hydrogen-bond acceptors (Lipinski definition) is 3. The van der Waals surface area contributed by atoms with Gasteiger partial charge in [-0.2, -0.15) is 0 Å². The van der Waals surface area contributed by atoms with E-state index in [1.807, 2.05) is 31.2 Å². The lowest BCUT2D eigenvalue weighted by Gasteiger charge is -2.19. The normalized spacial score (nSPS) is 10.9. The van der Waals surface area contributed by atoms with Crippen LogP contribution in [0.15, 0.2) is 24.3 Å². The molecule has 0 radical (unpaired) electrons. The SMILES string of the molecule is CCCCNC(=O)NC(=O)CNc1ccc(C(C)(C)C)cc1. The molecule has 0 bridgehead atoms.